The first kappa shape index (κ1) is 15.0. The summed E-state index contributed by atoms with van der Waals surface area (Å²) in [5.74, 6) is 2.23. The summed E-state index contributed by atoms with van der Waals surface area (Å²) in [6.45, 7) is 5.41. The summed E-state index contributed by atoms with van der Waals surface area (Å²) in [5.41, 5.74) is 7.62. The molecule has 0 radical (unpaired) electrons. The van der Waals surface area contributed by atoms with Crippen LogP contribution in [0.15, 0.2) is 42.5 Å². The van der Waals surface area contributed by atoms with Gasteiger partial charge in [-0.3, -0.25) is 0 Å². The van der Waals surface area contributed by atoms with Crippen LogP contribution in [0.25, 0.3) is 0 Å². The van der Waals surface area contributed by atoms with Gasteiger partial charge in [-0.05, 0) is 37.6 Å². The van der Waals surface area contributed by atoms with E-state index in [9.17, 15) is 0 Å². The van der Waals surface area contributed by atoms with Crippen LogP contribution < -0.4 is 19.9 Å². The van der Waals surface area contributed by atoms with Crippen molar-refractivity contribution in [2.24, 2.45) is 0 Å². The summed E-state index contributed by atoms with van der Waals surface area (Å²) in [7, 11) is 0. The minimum absolute atomic E-state index is 0.442. The molecule has 0 unspecified atom stereocenters. The van der Waals surface area contributed by atoms with Crippen molar-refractivity contribution < 1.29 is 14.2 Å². The third-order valence-electron chi connectivity index (χ3n) is 3.01. The smallest absolute Gasteiger partial charge is 0.161 e. The Hall–Kier alpha value is -2.36. The van der Waals surface area contributed by atoms with E-state index in [-0.39, 0.29) is 0 Å². The van der Waals surface area contributed by atoms with E-state index in [0.717, 1.165) is 28.5 Å². The van der Waals surface area contributed by atoms with Crippen molar-refractivity contribution in [2.45, 2.75) is 13.8 Å². The van der Waals surface area contributed by atoms with E-state index in [1.807, 2.05) is 56.3 Å². The zero-order valence-electron chi connectivity index (χ0n) is 12.5. The second-order valence-corrected chi connectivity index (χ2v) is 4.60. The van der Waals surface area contributed by atoms with Gasteiger partial charge >= 0.3 is 0 Å². The molecule has 0 fully saturated rings. The fraction of sp³-hybridized carbons (Fsp3) is 0.294. The van der Waals surface area contributed by atoms with Crippen LogP contribution in [0.4, 0.5) is 5.69 Å². The second-order valence-electron chi connectivity index (χ2n) is 4.60. The maximum absolute atomic E-state index is 5.84. The van der Waals surface area contributed by atoms with E-state index in [4.69, 9.17) is 19.9 Å². The van der Waals surface area contributed by atoms with Crippen LogP contribution in [-0.2, 0) is 0 Å². The summed E-state index contributed by atoms with van der Waals surface area (Å²) < 4.78 is 16.8. The Kier molecular flexibility index (Phi) is 5.32. The fourth-order valence-electron chi connectivity index (χ4n) is 1.86. The molecule has 2 aromatic carbocycles. The largest absolute Gasteiger partial charge is 0.490 e. The highest BCUT2D eigenvalue weighted by molar-refractivity contribution is 5.50. The summed E-state index contributed by atoms with van der Waals surface area (Å²) in [6.07, 6.45) is 0. The molecule has 0 bridgehead atoms. The van der Waals surface area contributed by atoms with Crippen LogP contribution in [0.2, 0.25) is 0 Å². The first-order valence-corrected chi connectivity index (χ1v) is 7.04. The second kappa shape index (κ2) is 7.43. The molecule has 0 aliphatic carbocycles. The molecule has 0 aromatic heterocycles. The Bertz CT molecular complexity index is 584. The van der Waals surface area contributed by atoms with Gasteiger partial charge in [-0.15, -0.1) is 0 Å². The number of ether oxygens (including phenoxy) is 3. The third kappa shape index (κ3) is 4.31. The SMILES string of the molecule is CCOc1ccccc1OCCOc1ccc(C)c(N)c1. The fourth-order valence-corrected chi connectivity index (χ4v) is 1.86. The van der Waals surface area contributed by atoms with Crippen LogP contribution in [0.1, 0.15) is 12.5 Å². The zero-order valence-corrected chi connectivity index (χ0v) is 12.5. The molecule has 112 valence electrons. The predicted molar refractivity (Wildman–Crippen MR) is 84.2 cm³/mol. The topological polar surface area (TPSA) is 53.7 Å². The first-order chi connectivity index (χ1) is 10.2. The molecule has 0 amide bonds. The molecule has 4 nitrogen and oxygen atoms in total. The van der Waals surface area contributed by atoms with Gasteiger partial charge in [0.1, 0.15) is 19.0 Å². The number of hydrogen-bond donors (Lipinski definition) is 1. The summed E-state index contributed by atoms with van der Waals surface area (Å²) in [5, 5.41) is 0. The molecule has 4 heteroatoms. The van der Waals surface area contributed by atoms with Gasteiger partial charge in [0.2, 0.25) is 0 Å². The molecule has 0 saturated heterocycles. The van der Waals surface area contributed by atoms with Gasteiger partial charge in [-0.1, -0.05) is 18.2 Å². The van der Waals surface area contributed by atoms with Crippen molar-refractivity contribution in [3.05, 3.63) is 48.0 Å². The van der Waals surface area contributed by atoms with E-state index in [2.05, 4.69) is 0 Å². The Morgan fingerprint density at radius 3 is 2.24 bits per heavy atom. The van der Waals surface area contributed by atoms with Crippen molar-refractivity contribution in [3.63, 3.8) is 0 Å². The van der Waals surface area contributed by atoms with Gasteiger partial charge < -0.3 is 19.9 Å². The van der Waals surface area contributed by atoms with Gasteiger partial charge in [0.05, 0.1) is 6.61 Å². The Morgan fingerprint density at radius 1 is 0.905 bits per heavy atom. The number of nitrogen functional groups attached to an aromatic ring is 1. The molecule has 0 saturated carbocycles. The molecule has 2 rings (SSSR count). The van der Waals surface area contributed by atoms with Gasteiger partial charge in [0.15, 0.2) is 11.5 Å². The van der Waals surface area contributed by atoms with E-state index >= 15 is 0 Å². The van der Waals surface area contributed by atoms with Crippen molar-refractivity contribution in [3.8, 4) is 17.2 Å². The molecular weight excluding hydrogens is 266 g/mol. The molecule has 0 spiro atoms. The van der Waals surface area contributed by atoms with E-state index in [0.29, 0.717) is 19.8 Å². The maximum Gasteiger partial charge on any atom is 0.161 e. The number of hydrogen-bond acceptors (Lipinski definition) is 4. The molecular formula is C17H21NO3. The van der Waals surface area contributed by atoms with Gasteiger partial charge in [0.25, 0.3) is 0 Å². The number of aryl methyl sites for hydroxylation is 1. The summed E-state index contributed by atoms with van der Waals surface area (Å²) in [4.78, 5) is 0. The average Bonchev–Trinajstić information content (AvgIpc) is 2.49. The minimum atomic E-state index is 0.442. The van der Waals surface area contributed by atoms with Crippen LogP contribution >= 0.6 is 0 Å². The van der Waals surface area contributed by atoms with Gasteiger partial charge in [0, 0.05) is 11.8 Å². The summed E-state index contributed by atoms with van der Waals surface area (Å²) in [6, 6.07) is 13.3. The standard InChI is InChI=1S/C17H21NO3/c1-3-19-16-6-4-5-7-17(16)21-11-10-20-14-9-8-13(2)15(18)12-14/h4-9,12H,3,10-11,18H2,1-2H3. The molecule has 2 N–H and O–H groups in total. The lowest BCUT2D eigenvalue weighted by Crippen LogP contribution is -2.10. The normalized spacial score (nSPS) is 10.2. The van der Waals surface area contributed by atoms with Crippen LogP contribution in [0.5, 0.6) is 17.2 Å². The molecule has 0 atom stereocenters. The minimum Gasteiger partial charge on any atom is -0.490 e. The van der Waals surface area contributed by atoms with Crippen molar-refractivity contribution >= 4 is 5.69 Å². The van der Waals surface area contributed by atoms with Crippen molar-refractivity contribution in [1.29, 1.82) is 0 Å². The number of anilines is 1. The molecule has 2 aromatic rings. The van der Waals surface area contributed by atoms with Crippen LogP contribution in [0.3, 0.4) is 0 Å². The average molecular weight is 287 g/mol. The van der Waals surface area contributed by atoms with Crippen molar-refractivity contribution in [2.75, 3.05) is 25.6 Å². The van der Waals surface area contributed by atoms with E-state index in [1.54, 1.807) is 0 Å². The molecule has 0 heterocycles. The lowest BCUT2D eigenvalue weighted by Gasteiger charge is -2.12. The number of rotatable bonds is 7. The summed E-state index contributed by atoms with van der Waals surface area (Å²) >= 11 is 0. The van der Waals surface area contributed by atoms with Gasteiger partial charge in [-0.2, -0.15) is 0 Å². The first-order valence-electron chi connectivity index (χ1n) is 7.04. The van der Waals surface area contributed by atoms with E-state index < -0.39 is 0 Å². The van der Waals surface area contributed by atoms with Crippen LogP contribution in [0, 0.1) is 6.92 Å². The quantitative estimate of drug-likeness (QED) is 0.626. The lowest BCUT2D eigenvalue weighted by molar-refractivity contribution is 0.208. The number of para-hydroxylation sites is 2. The highest BCUT2D eigenvalue weighted by Crippen LogP contribution is 2.26. The Morgan fingerprint density at radius 2 is 1.57 bits per heavy atom. The van der Waals surface area contributed by atoms with Crippen LogP contribution in [-0.4, -0.2) is 19.8 Å². The lowest BCUT2D eigenvalue weighted by atomic mass is 10.2. The third-order valence-corrected chi connectivity index (χ3v) is 3.01. The van der Waals surface area contributed by atoms with Gasteiger partial charge in [-0.25, -0.2) is 0 Å². The molecule has 0 aliphatic rings. The highest BCUT2D eigenvalue weighted by Gasteiger charge is 2.03. The zero-order chi connectivity index (χ0) is 15.1. The predicted octanol–water partition coefficient (Wildman–Crippen LogP) is 3.43. The monoisotopic (exact) mass is 287 g/mol. The highest BCUT2D eigenvalue weighted by atomic mass is 16.5. The Labute approximate surface area is 125 Å². The number of benzene rings is 2. The maximum atomic E-state index is 5.84. The Balaban J connectivity index is 1.83. The molecule has 0 aliphatic heterocycles. The van der Waals surface area contributed by atoms with Crippen molar-refractivity contribution in [1.82, 2.24) is 0 Å². The van der Waals surface area contributed by atoms with E-state index in [1.165, 1.54) is 0 Å². The molecule has 21 heavy (non-hydrogen) atoms. The number of nitrogens with two attached hydrogens (primary N) is 1.